The molecule has 7 heteroatoms. The maximum atomic E-state index is 13.3. The average molecular weight is 392 g/mol. The number of aliphatic imine (C=N–C) groups is 1. The Balaban J connectivity index is 1.44. The first-order valence-electron chi connectivity index (χ1n) is 10.5. The predicted molar refractivity (Wildman–Crippen MR) is 107 cm³/mol. The summed E-state index contributed by atoms with van der Waals surface area (Å²) in [5, 5.41) is 11.5. The highest BCUT2D eigenvalue weighted by Gasteiger charge is 2.62. The van der Waals surface area contributed by atoms with Crippen LogP contribution in [-0.2, 0) is 0 Å². The molecule has 1 aromatic rings. The second kappa shape index (κ2) is 7.32. The van der Waals surface area contributed by atoms with Gasteiger partial charge in [0.15, 0.2) is 0 Å². The van der Waals surface area contributed by atoms with Gasteiger partial charge in [0.1, 0.15) is 0 Å². The van der Waals surface area contributed by atoms with Crippen molar-refractivity contribution in [3.63, 3.8) is 0 Å². The van der Waals surface area contributed by atoms with Gasteiger partial charge in [0.05, 0.1) is 29.4 Å². The van der Waals surface area contributed by atoms with E-state index in [2.05, 4.69) is 15.3 Å². The first-order valence-corrected chi connectivity index (χ1v) is 10.5. The zero-order valence-electron chi connectivity index (χ0n) is 16.8. The first kappa shape index (κ1) is 19.7. The minimum atomic E-state index is -2.45. The Morgan fingerprint density at radius 2 is 1.96 bits per heavy atom. The van der Waals surface area contributed by atoms with E-state index in [1.807, 2.05) is 7.05 Å². The molecule has 3 aliphatic rings. The monoisotopic (exact) mass is 391 g/mol. The first-order chi connectivity index (χ1) is 13.3. The lowest BCUT2D eigenvalue weighted by atomic mass is 9.49. The number of alkyl halides is 2. The van der Waals surface area contributed by atoms with Gasteiger partial charge in [-0.2, -0.15) is 0 Å². The van der Waals surface area contributed by atoms with Crippen molar-refractivity contribution in [2.75, 3.05) is 7.05 Å². The average Bonchev–Trinajstić information content (AvgIpc) is 3.06. The van der Waals surface area contributed by atoms with Gasteiger partial charge in [0.25, 0.3) is 0 Å². The zero-order valence-corrected chi connectivity index (χ0v) is 16.8. The van der Waals surface area contributed by atoms with Crippen molar-refractivity contribution < 1.29 is 8.78 Å². The molecule has 1 atom stereocenters. The lowest BCUT2D eigenvalue weighted by molar-refractivity contribution is -0.210. The van der Waals surface area contributed by atoms with Crippen LogP contribution >= 0.6 is 0 Å². The summed E-state index contributed by atoms with van der Waals surface area (Å²) in [7, 11) is 1.91. The molecule has 0 amide bonds. The summed E-state index contributed by atoms with van der Waals surface area (Å²) in [6.07, 6.45) is 9.45. The van der Waals surface area contributed by atoms with Crippen LogP contribution < -0.4 is 5.32 Å². The fourth-order valence-corrected chi connectivity index (χ4v) is 5.78. The maximum absolute atomic E-state index is 13.3. The van der Waals surface area contributed by atoms with Gasteiger partial charge in [-0.3, -0.25) is 0 Å². The molecule has 1 spiro atoms. The summed E-state index contributed by atoms with van der Waals surface area (Å²) >= 11 is 0. The van der Waals surface area contributed by atoms with E-state index in [-0.39, 0.29) is 24.3 Å². The smallest absolute Gasteiger partial charge is 0.249 e. The molecule has 1 unspecified atom stereocenters. The standard InChI is InChI=1S/C21H31F2N5/c1-13(24)17(14-6-4-3-5-7-14)28-19-26-10-16(27-19)18(25-2)15-8-20(9-15)11-21(22,23)12-20/h10,14-15,18,24-25H,3-9,11-12H2,1-2H3,(H,26,27)/b24-13?,28-17+. The van der Waals surface area contributed by atoms with Gasteiger partial charge in [0, 0.05) is 18.8 Å². The Morgan fingerprint density at radius 1 is 1.29 bits per heavy atom. The molecule has 3 N–H and O–H groups in total. The van der Waals surface area contributed by atoms with E-state index < -0.39 is 5.92 Å². The molecular weight excluding hydrogens is 360 g/mol. The van der Waals surface area contributed by atoms with Crippen LogP contribution in [0.2, 0.25) is 0 Å². The van der Waals surface area contributed by atoms with Crippen molar-refractivity contribution in [2.24, 2.45) is 22.2 Å². The number of aromatic amines is 1. The summed E-state index contributed by atoms with van der Waals surface area (Å²) in [6.45, 7) is 1.80. The molecule has 0 aromatic carbocycles. The predicted octanol–water partition coefficient (Wildman–Crippen LogP) is 5.19. The lowest BCUT2D eigenvalue weighted by Crippen LogP contribution is -2.55. The summed E-state index contributed by atoms with van der Waals surface area (Å²) in [5.41, 5.74) is 2.19. The van der Waals surface area contributed by atoms with Crippen molar-refractivity contribution >= 4 is 17.4 Å². The molecule has 4 rings (SSSR count). The number of imidazole rings is 1. The third-order valence-electron chi connectivity index (χ3n) is 6.96. The van der Waals surface area contributed by atoms with E-state index in [1.165, 1.54) is 19.3 Å². The highest BCUT2D eigenvalue weighted by atomic mass is 19.3. The zero-order chi connectivity index (χ0) is 19.9. The maximum Gasteiger partial charge on any atom is 0.249 e. The van der Waals surface area contributed by atoms with E-state index in [0.29, 0.717) is 23.5 Å². The number of halogens is 2. The number of H-pyrrole nitrogens is 1. The second-order valence-electron chi connectivity index (χ2n) is 9.26. The van der Waals surface area contributed by atoms with Crippen LogP contribution in [0.3, 0.4) is 0 Å². The summed E-state index contributed by atoms with van der Waals surface area (Å²) in [6, 6.07) is 0.0792. The molecule has 1 heterocycles. The lowest BCUT2D eigenvalue weighted by Gasteiger charge is -2.58. The van der Waals surface area contributed by atoms with Crippen LogP contribution in [-0.4, -0.2) is 34.4 Å². The normalized spacial score (nSPS) is 25.9. The molecule has 0 aliphatic heterocycles. The molecule has 3 aliphatic carbocycles. The molecule has 3 fully saturated rings. The van der Waals surface area contributed by atoms with Gasteiger partial charge in [-0.25, -0.2) is 18.8 Å². The highest BCUT2D eigenvalue weighted by molar-refractivity contribution is 6.41. The molecule has 3 saturated carbocycles. The highest BCUT2D eigenvalue weighted by Crippen LogP contribution is 2.66. The molecule has 0 radical (unpaired) electrons. The second-order valence-corrected chi connectivity index (χ2v) is 9.26. The van der Waals surface area contributed by atoms with Crippen LogP contribution in [0.4, 0.5) is 14.7 Å². The van der Waals surface area contributed by atoms with Crippen LogP contribution in [0.5, 0.6) is 0 Å². The van der Waals surface area contributed by atoms with Gasteiger partial charge >= 0.3 is 0 Å². The Kier molecular flexibility index (Phi) is 5.14. The number of hydrogen-bond donors (Lipinski definition) is 3. The largest absolute Gasteiger partial charge is 0.325 e. The Morgan fingerprint density at radius 3 is 2.54 bits per heavy atom. The molecule has 5 nitrogen and oxygen atoms in total. The van der Waals surface area contributed by atoms with Gasteiger partial charge in [-0.05, 0) is 51.0 Å². The molecule has 154 valence electrons. The number of nitrogens with zero attached hydrogens (tertiary/aromatic N) is 2. The Hall–Kier alpha value is -1.63. The third kappa shape index (κ3) is 3.78. The van der Waals surface area contributed by atoms with E-state index in [4.69, 9.17) is 10.4 Å². The van der Waals surface area contributed by atoms with Crippen molar-refractivity contribution in [3.8, 4) is 0 Å². The van der Waals surface area contributed by atoms with Gasteiger partial charge in [0.2, 0.25) is 11.9 Å². The molecular formula is C21H31F2N5. The topological polar surface area (TPSA) is 76.9 Å². The Bertz CT molecular complexity index is 747. The number of hydrogen-bond acceptors (Lipinski definition) is 4. The van der Waals surface area contributed by atoms with Crippen LogP contribution in [0.25, 0.3) is 0 Å². The van der Waals surface area contributed by atoms with Gasteiger partial charge in [-0.1, -0.05) is 19.3 Å². The minimum absolute atomic E-state index is 0.0504. The Labute approximate surface area is 165 Å². The quantitative estimate of drug-likeness (QED) is 0.584. The van der Waals surface area contributed by atoms with Crippen molar-refractivity contribution in [3.05, 3.63) is 11.9 Å². The fourth-order valence-electron chi connectivity index (χ4n) is 5.78. The van der Waals surface area contributed by atoms with Crippen LogP contribution in [0, 0.1) is 22.7 Å². The van der Waals surface area contributed by atoms with Crippen molar-refractivity contribution in [2.45, 2.75) is 76.7 Å². The van der Waals surface area contributed by atoms with Crippen LogP contribution in [0.15, 0.2) is 11.2 Å². The van der Waals surface area contributed by atoms with E-state index in [0.717, 1.165) is 37.1 Å². The van der Waals surface area contributed by atoms with Gasteiger partial charge in [-0.15, -0.1) is 0 Å². The molecule has 0 bridgehead atoms. The van der Waals surface area contributed by atoms with E-state index in [1.54, 1.807) is 13.1 Å². The SMILES string of the molecule is CNC(c1cnc(/N=C(\C(C)=N)C2CCCCC2)[nH]1)C1CC2(C1)CC(F)(F)C2. The van der Waals surface area contributed by atoms with Crippen LogP contribution in [0.1, 0.15) is 76.4 Å². The fraction of sp³-hybridized carbons (Fsp3) is 0.762. The summed E-state index contributed by atoms with van der Waals surface area (Å²) in [5.74, 6) is -1.20. The molecule has 28 heavy (non-hydrogen) atoms. The number of aromatic nitrogens is 2. The van der Waals surface area contributed by atoms with Crippen molar-refractivity contribution in [1.29, 1.82) is 5.41 Å². The van der Waals surface area contributed by atoms with Gasteiger partial charge < -0.3 is 15.7 Å². The van der Waals surface area contributed by atoms with E-state index >= 15 is 0 Å². The van der Waals surface area contributed by atoms with E-state index in [9.17, 15) is 8.78 Å². The number of nitrogens with one attached hydrogen (secondary N) is 3. The minimum Gasteiger partial charge on any atom is -0.325 e. The molecule has 1 aromatic heterocycles. The summed E-state index contributed by atoms with van der Waals surface area (Å²) in [4.78, 5) is 12.4. The summed E-state index contributed by atoms with van der Waals surface area (Å²) < 4.78 is 26.5. The number of rotatable bonds is 6. The molecule has 0 saturated heterocycles. The van der Waals surface area contributed by atoms with Crippen molar-refractivity contribution in [1.82, 2.24) is 15.3 Å². The third-order valence-corrected chi connectivity index (χ3v) is 6.96.